The van der Waals surface area contributed by atoms with Gasteiger partial charge in [-0.25, -0.2) is 4.98 Å². The van der Waals surface area contributed by atoms with Crippen LogP contribution in [0.2, 0.25) is 0 Å². The number of aromatic nitrogens is 1. The molecule has 100 valence electrons. The quantitative estimate of drug-likeness (QED) is 0.808. The van der Waals surface area contributed by atoms with Crippen LogP contribution in [-0.2, 0) is 4.79 Å². The average molecular weight is 280 g/mol. The smallest absolute Gasteiger partial charge is 0.246 e. The number of carbonyl (C=O) groups is 1. The molecular formula is C13H14ClN3O2. The molecule has 0 radical (unpaired) electrons. The van der Waals surface area contributed by atoms with Gasteiger partial charge in [0, 0.05) is 19.3 Å². The molecule has 0 bridgehead atoms. The van der Waals surface area contributed by atoms with Gasteiger partial charge in [0.25, 0.3) is 0 Å². The summed E-state index contributed by atoms with van der Waals surface area (Å²) in [5, 5.41) is 2.49. The summed E-state index contributed by atoms with van der Waals surface area (Å²) in [6.07, 6.45) is 6.40. The van der Waals surface area contributed by atoms with Gasteiger partial charge in [-0.15, -0.1) is 11.6 Å². The molecular weight excluding hydrogens is 266 g/mol. The van der Waals surface area contributed by atoms with E-state index in [9.17, 15) is 4.79 Å². The molecule has 6 heteroatoms. The van der Waals surface area contributed by atoms with Gasteiger partial charge in [-0.2, -0.15) is 0 Å². The lowest BCUT2D eigenvalue weighted by Gasteiger charge is -2.29. The third-order valence-electron chi connectivity index (χ3n) is 2.74. The molecule has 1 heterocycles. The van der Waals surface area contributed by atoms with E-state index in [0.717, 1.165) is 0 Å². The number of nitrogens with two attached hydrogens (primary N) is 1. The third-order valence-corrected chi connectivity index (χ3v) is 3.27. The first kappa shape index (κ1) is 13.6. The van der Waals surface area contributed by atoms with E-state index >= 15 is 0 Å². The van der Waals surface area contributed by atoms with E-state index in [0.29, 0.717) is 11.6 Å². The predicted molar refractivity (Wildman–Crippen MR) is 72.7 cm³/mol. The number of hydrogen-bond donors (Lipinski definition) is 2. The minimum atomic E-state index is -1.35. The van der Waals surface area contributed by atoms with Crippen LogP contribution in [0.25, 0.3) is 0 Å². The molecule has 1 aromatic heterocycles. The summed E-state index contributed by atoms with van der Waals surface area (Å²) in [4.78, 5) is 14.5. The highest BCUT2D eigenvalue weighted by atomic mass is 35.5. The second-order valence-corrected chi connectivity index (χ2v) is 4.67. The van der Waals surface area contributed by atoms with Crippen molar-refractivity contribution in [3.63, 3.8) is 0 Å². The van der Waals surface area contributed by atoms with Gasteiger partial charge in [0.15, 0.2) is 4.87 Å². The van der Waals surface area contributed by atoms with E-state index in [1.807, 2.05) is 0 Å². The number of hydrogen-bond acceptors (Lipinski definition) is 4. The number of carbonyl (C=O) groups excluding carboxylic acids is 1. The number of halogens is 1. The number of nitrogens with zero attached hydrogens (tertiary/aromatic N) is 1. The molecule has 0 fully saturated rings. The summed E-state index contributed by atoms with van der Waals surface area (Å²) < 4.78 is 5.54. The van der Waals surface area contributed by atoms with Gasteiger partial charge in [0.1, 0.15) is 5.76 Å². The topological polar surface area (TPSA) is 77.2 Å². The van der Waals surface area contributed by atoms with Crippen LogP contribution in [0.1, 0.15) is 0 Å². The lowest BCUT2D eigenvalue weighted by Crippen LogP contribution is -2.52. The second kappa shape index (κ2) is 5.42. The molecule has 0 spiro atoms. The summed E-state index contributed by atoms with van der Waals surface area (Å²) in [5.41, 5.74) is 5.85. The van der Waals surface area contributed by atoms with Crippen LogP contribution >= 0.6 is 11.6 Å². The lowest BCUT2D eigenvalue weighted by molar-refractivity contribution is -0.122. The SMILES string of the molecule is CNC(=O)C1(Cl)C=C(Oc2ccccn2)C=CC1N. The number of alkyl halides is 1. The van der Waals surface area contributed by atoms with Gasteiger partial charge >= 0.3 is 0 Å². The molecule has 1 aromatic rings. The fourth-order valence-corrected chi connectivity index (χ4v) is 1.96. The largest absolute Gasteiger partial charge is 0.439 e. The normalized spacial score (nSPS) is 25.6. The van der Waals surface area contributed by atoms with Gasteiger partial charge in [0.2, 0.25) is 11.8 Å². The molecule has 2 rings (SSSR count). The first-order valence-electron chi connectivity index (χ1n) is 5.73. The van der Waals surface area contributed by atoms with Crippen LogP contribution < -0.4 is 15.8 Å². The highest BCUT2D eigenvalue weighted by molar-refractivity contribution is 6.37. The molecule has 0 saturated carbocycles. The third kappa shape index (κ3) is 2.77. The van der Waals surface area contributed by atoms with Crippen molar-refractivity contribution in [3.05, 3.63) is 48.4 Å². The molecule has 2 unspecified atom stereocenters. The van der Waals surface area contributed by atoms with Crippen molar-refractivity contribution in [2.75, 3.05) is 7.05 Å². The first-order chi connectivity index (χ1) is 9.06. The Hall–Kier alpha value is -1.85. The number of pyridine rings is 1. The fraction of sp³-hybridized carbons (Fsp3) is 0.231. The second-order valence-electron chi connectivity index (χ2n) is 4.05. The highest BCUT2D eigenvalue weighted by Crippen LogP contribution is 2.28. The van der Waals surface area contributed by atoms with Crippen molar-refractivity contribution in [2.24, 2.45) is 5.73 Å². The zero-order valence-electron chi connectivity index (χ0n) is 10.3. The van der Waals surface area contributed by atoms with Crippen molar-refractivity contribution >= 4 is 17.5 Å². The number of rotatable bonds is 3. The minimum Gasteiger partial charge on any atom is -0.439 e. The van der Waals surface area contributed by atoms with Gasteiger partial charge in [0.05, 0.1) is 6.04 Å². The zero-order chi connectivity index (χ0) is 13.9. The van der Waals surface area contributed by atoms with Crippen LogP contribution in [0.15, 0.2) is 48.4 Å². The Morgan fingerprint density at radius 3 is 3.00 bits per heavy atom. The van der Waals surface area contributed by atoms with Crippen molar-refractivity contribution in [2.45, 2.75) is 10.9 Å². The number of amides is 1. The number of ether oxygens (including phenoxy) is 1. The first-order valence-corrected chi connectivity index (χ1v) is 6.10. The molecule has 1 aliphatic rings. The Kier molecular flexibility index (Phi) is 3.87. The van der Waals surface area contributed by atoms with Crippen molar-refractivity contribution in [1.29, 1.82) is 0 Å². The van der Waals surface area contributed by atoms with E-state index in [1.165, 1.54) is 13.1 Å². The van der Waals surface area contributed by atoms with E-state index in [4.69, 9.17) is 22.1 Å². The van der Waals surface area contributed by atoms with Crippen LogP contribution in [0.4, 0.5) is 0 Å². The summed E-state index contributed by atoms with van der Waals surface area (Å²) in [7, 11) is 1.50. The van der Waals surface area contributed by atoms with Crippen LogP contribution in [-0.4, -0.2) is 28.9 Å². The highest BCUT2D eigenvalue weighted by Gasteiger charge is 2.41. The van der Waals surface area contributed by atoms with Crippen LogP contribution in [0, 0.1) is 0 Å². The molecule has 0 saturated heterocycles. The molecule has 0 aromatic carbocycles. The molecule has 2 atom stereocenters. The molecule has 1 amide bonds. The van der Waals surface area contributed by atoms with Gasteiger partial charge < -0.3 is 15.8 Å². The molecule has 19 heavy (non-hydrogen) atoms. The van der Waals surface area contributed by atoms with Crippen molar-refractivity contribution in [3.8, 4) is 5.88 Å². The van der Waals surface area contributed by atoms with E-state index in [1.54, 1.807) is 36.5 Å². The maximum absolute atomic E-state index is 11.8. The monoisotopic (exact) mass is 279 g/mol. The Morgan fingerprint density at radius 2 is 2.37 bits per heavy atom. The van der Waals surface area contributed by atoms with Crippen molar-refractivity contribution < 1.29 is 9.53 Å². The molecule has 0 aliphatic heterocycles. The Labute approximate surface area is 116 Å². The van der Waals surface area contributed by atoms with Gasteiger partial charge in [-0.3, -0.25) is 4.79 Å². The number of nitrogens with one attached hydrogen (secondary N) is 1. The van der Waals surface area contributed by atoms with Gasteiger partial charge in [-0.05, 0) is 18.2 Å². The van der Waals surface area contributed by atoms with Crippen LogP contribution in [0.3, 0.4) is 0 Å². The van der Waals surface area contributed by atoms with Crippen molar-refractivity contribution in [1.82, 2.24) is 10.3 Å². The zero-order valence-corrected chi connectivity index (χ0v) is 11.1. The fourth-order valence-electron chi connectivity index (χ4n) is 1.69. The Morgan fingerprint density at radius 1 is 1.58 bits per heavy atom. The average Bonchev–Trinajstić information content (AvgIpc) is 2.43. The standard InChI is InChI=1S/C13H14ClN3O2/c1-16-12(18)13(14)8-9(5-6-10(13)15)19-11-4-2-3-7-17-11/h2-8,10H,15H2,1H3,(H,16,18). The molecule has 1 aliphatic carbocycles. The van der Waals surface area contributed by atoms with E-state index < -0.39 is 10.9 Å². The summed E-state index contributed by atoms with van der Waals surface area (Å²) >= 11 is 6.27. The van der Waals surface area contributed by atoms with Crippen LogP contribution in [0.5, 0.6) is 5.88 Å². The lowest BCUT2D eigenvalue weighted by atomic mass is 9.93. The summed E-state index contributed by atoms with van der Waals surface area (Å²) in [6.45, 7) is 0. The molecule has 5 nitrogen and oxygen atoms in total. The minimum absolute atomic E-state index is 0.381. The Bertz CT molecular complexity index is 530. The Balaban J connectivity index is 2.25. The van der Waals surface area contributed by atoms with Gasteiger partial charge in [-0.1, -0.05) is 12.1 Å². The summed E-state index contributed by atoms with van der Waals surface area (Å²) in [6, 6.07) is 4.67. The van der Waals surface area contributed by atoms with E-state index in [2.05, 4.69) is 10.3 Å². The summed E-state index contributed by atoms with van der Waals surface area (Å²) in [5.74, 6) is 0.469. The maximum atomic E-state index is 11.8. The van der Waals surface area contributed by atoms with E-state index in [-0.39, 0.29) is 5.91 Å². The molecule has 3 N–H and O–H groups in total. The number of allylic oxidation sites excluding steroid dienone is 1. The predicted octanol–water partition coefficient (Wildman–Crippen LogP) is 0.965. The maximum Gasteiger partial charge on any atom is 0.246 e.